The quantitative estimate of drug-likeness (QED) is 0.178. The van der Waals surface area contributed by atoms with Crippen molar-refractivity contribution in [1.29, 1.82) is 0 Å². The standard InChI is InChI=1S/C23H26F2O10S/c1-3-30-22(28)34-10-32-20(26)17-12(9-36-13-5-6-15(24)16(25)8-13)7-14-18(17)19(14)21(27)33-11-35-23(29)31-4-2/h5-6,8,12,14,17-19H,3-4,7,9-11H2,1-2H3. The number of esters is 2. The van der Waals surface area contributed by atoms with Crippen molar-refractivity contribution in [2.75, 3.05) is 32.6 Å². The number of carbonyl (C=O) groups excluding carboxylic acids is 4. The molecule has 0 amide bonds. The molecule has 3 rings (SSSR count). The topological polar surface area (TPSA) is 124 Å². The van der Waals surface area contributed by atoms with Gasteiger partial charge < -0.3 is 28.4 Å². The van der Waals surface area contributed by atoms with Crippen molar-refractivity contribution in [2.24, 2.45) is 29.6 Å². The minimum atomic E-state index is -0.991. The number of halogens is 2. The van der Waals surface area contributed by atoms with E-state index in [1.807, 2.05) is 0 Å². The number of thioether (sulfide) groups is 1. The molecule has 5 atom stereocenters. The smallest absolute Gasteiger partial charge is 0.435 e. The lowest BCUT2D eigenvalue weighted by Gasteiger charge is -2.22. The van der Waals surface area contributed by atoms with Gasteiger partial charge in [0.2, 0.25) is 13.6 Å². The molecule has 0 heterocycles. The van der Waals surface area contributed by atoms with Crippen molar-refractivity contribution in [3.63, 3.8) is 0 Å². The second-order valence-corrected chi connectivity index (χ2v) is 9.09. The van der Waals surface area contributed by atoms with Gasteiger partial charge in [-0.1, -0.05) is 0 Å². The van der Waals surface area contributed by atoms with E-state index in [9.17, 15) is 28.0 Å². The summed E-state index contributed by atoms with van der Waals surface area (Å²) in [5.74, 6) is -4.96. The fourth-order valence-corrected chi connectivity index (χ4v) is 5.51. The van der Waals surface area contributed by atoms with Gasteiger partial charge in [-0.3, -0.25) is 9.59 Å². The molecule has 0 aromatic heterocycles. The van der Waals surface area contributed by atoms with Gasteiger partial charge >= 0.3 is 24.2 Å². The first-order valence-corrected chi connectivity index (χ1v) is 12.3. The molecule has 13 heteroatoms. The molecule has 2 aliphatic rings. The molecule has 10 nitrogen and oxygen atoms in total. The second-order valence-electron chi connectivity index (χ2n) is 7.99. The molecule has 0 spiro atoms. The summed E-state index contributed by atoms with van der Waals surface area (Å²) in [4.78, 5) is 48.4. The summed E-state index contributed by atoms with van der Waals surface area (Å²) in [6, 6.07) is 3.52. The molecule has 36 heavy (non-hydrogen) atoms. The van der Waals surface area contributed by atoms with Crippen LogP contribution in [0.1, 0.15) is 20.3 Å². The van der Waals surface area contributed by atoms with Gasteiger partial charge in [0.1, 0.15) is 0 Å². The molecular weight excluding hydrogens is 506 g/mol. The van der Waals surface area contributed by atoms with E-state index < -0.39 is 61.3 Å². The molecule has 0 saturated heterocycles. The largest absolute Gasteiger partial charge is 0.511 e. The maximum absolute atomic E-state index is 13.5. The van der Waals surface area contributed by atoms with E-state index in [-0.39, 0.29) is 31.0 Å². The molecule has 2 aliphatic carbocycles. The van der Waals surface area contributed by atoms with Crippen LogP contribution in [-0.2, 0) is 38.0 Å². The van der Waals surface area contributed by atoms with Gasteiger partial charge in [-0.25, -0.2) is 18.4 Å². The third-order valence-electron chi connectivity index (χ3n) is 5.91. The molecule has 0 radical (unpaired) electrons. The molecular formula is C23H26F2O10S. The number of rotatable bonds is 11. The number of fused-ring (bicyclic) bond motifs is 1. The van der Waals surface area contributed by atoms with Crippen LogP contribution in [0.2, 0.25) is 0 Å². The Morgan fingerprint density at radius 1 is 0.833 bits per heavy atom. The van der Waals surface area contributed by atoms with Crippen molar-refractivity contribution in [3.05, 3.63) is 29.8 Å². The zero-order valence-corrected chi connectivity index (χ0v) is 20.4. The number of benzene rings is 1. The Morgan fingerprint density at radius 2 is 1.42 bits per heavy atom. The van der Waals surface area contributed by atoms with Crippen LogP contribution in [0, 0.1) is 41.2 Å². The van der Waals surface area contributed by atoms with Gasteiger partial charge in [-0.05, 0) is 56.2 Å². The summed E-state index contributed by atoms with van der Waals surface area (Å²) in [5.41, 5.74) is 0. The summed E-state index contributed by atoms with van der Waals surface area (Å²) in [7, 11) is 0. The van der Waals surface area contributed by atoms with Crippen molar-refractivity contribution in [2.45, 2.75) is 25.2 Å². The number of ether oxygens (including phenoxy) is 6. The predicted octanol–water partition coefficient (Wildman–Crippen LogP) is 3.90. The second kappa shape index (κ2) is 12.7. The van der Waals surface area contributed by atoms with Gasteiger partial charge in [0.25, 0.3) is 0 Å². The van der Waals surface area contributed by atoms with Crippen molar-refractivity contribution < 1.29 is 56.4 Å². The minimum Gasteiger partial charge on any atom is -0.435 e. The normalized spacial score (nSPS) is 23.7. The van der Waals surface area contributed by atoms with E-state index >= 15 is 0 Å². The fourth-order valence-electron chi connectivity index (χ4n) is 4.41. The van der Waals surface area contributed by atoms with Gasteiger partial charge in [0, 0.05) is 10.6 Å². The molecule has 0 aliphatic heterocycles. The van der Waals surface area contributed by atoms with Crippen molar-refractivity contribution in [3.8, 4) is 0 Å². The molecule has 0 bridgehead atoms. The maximum Gasteiger partial charge on any atom is 0.511 e. The van der Waals surface area contributed by atoms with E-state index in [4.69, 9.17) is 9.47 Å². The molecule has 2 saturated carbocycles. The third-order valence-corrected chi connectivity index (χ3v) is 7.09. The highest BCUT2D eigenvalue weighted by atomic mass is 32.2. The molecule has 2 fully saturated rings. The van der Waals surface area contributed by atoms with Crippen LogP contribution in [0.25, 0.3) is 0 Å². The Balaban J connectivity index is 1.59. The van der Waals surface area contributed by atoms with Crippen LogP contribution in [0.4, 0.5) is 18.4 Å². The highest BCUT2D eigenvalue weighted by Crippen LogP contribution is 2.64. The van der Waals surface area contributed by atoms with Crippen LogP contribution in [0.15, 0.2) is 23.1 Å². The Hall–Kier alpha value is -3.09. The summed E-state index contributed by atoms with van der Waals surface area (Å²) < 4.78 is 55.3. The molecule has 5 unspecified atom stereocenters. The van der Waals surface area contributed by atoms with Crippen LogP contribution < -0.4 is 0 Å². The molecule has 198 valence electrons. The average molecular weight is 533 g/mol. The van der Waals surface area contributed by atoms with Gasteiger partial charge in [0.15, 0.2) is 11.6 Å². The van der Waals surface area contributed by atoms with Crippen LogP contribution in [0.3, 0.4) is 0 Å². The maximum atomic E-state index is 13.5. The Morgan fingerprint density at radius 3 is 1.97 bits per heavy atom. The minimum absolute atomic E-state index is 0.0894. The molecule has 0 N–H and O–H groups in total. The lowest BCUT2D eigenvalue weighted by atomic mass is 9.90. The first kappa shape index (κ1) is 27.5. The zero-order valence-electron chi connectivity index (χ0n) is 19.6. The average Bonchev–Trinajstić information content (AvgIpc) is 3.40. The van der Waals surface area contributed by atoms with Crippen LogP contribution >= 0.6 is 11.8 Å². The highest BCUT2D eigenvalue weighted by Gasteiger charge is 2.67. The third kappa shape index (κ3) is 6.99. The highest BCUT2D eigenvalue weighted by molar-refractivity contribution is 7.99. The number of carbonyl (C=O) groups is 4. The summed E-state index contributed by atoms with van der Waals surface area (Å²) in [6.45, 7) is 2.10. The van der Waals surface area contributed by atoms with Crippen LogP contribution in [0.5, 0.6) is 0 Å². The Bertz CT molecular complexity index is 974. The lowest BCUT2D eigenvalue weighted by molar-refractivity contribution is -0.161. The zero-order chi connectivity index (χ0) is 26.2. The van der Waals surface area contributed by atoms with E-state index in [2.05, 4.69) is 18.9 Å². The monoisotopic (exact) mass is 532 g/mol. The van der Waals surface area contributed by atoms with E-state index in [0.29, 0.717) is 17.1 Å². The van der Waals surface area contributed by atoms with Crippen molar-refractivity contribution >= 4 is 36.0 Å². The SMILES string of the molecule is CCOC(=O)OCOC(=O)C1C(CSc2ccc(F)c(F)c2)CC2C(C(=O)OCOC(=O)OCC)C21. The van der Waals surface area contributed by atoms with E-state index in [1.54, 1.807) is 13.8 Å². The predicted molar refractivity (Wildman–Crippen MR) is 117 cm³/mol. The van der Waals surface area contributed by atoms with E-state index in [0.717, 1.165) is 12.1 Å². The summed E-state index contributed by atoms with van der Waals surface area (Å²) >= 11 is 1.24. The fraction of sp³-hybridized carbons (Fsp3) is 0.565. The van der Waals surface area contributed by atoms with Crippen molar-refractivity contribution in [1.82, 2.24) is 0 Å². The Labute approximate surface area is 209 Å². The van der Waals surface area contributed by atoms with Gasteiger partial charge in [-0.15, -0.1) is 11.8 Å². The van der Waals surface area contributed by atoms with E-state index in [1.165, 1.54) is 17.8 Å². The van der Waals surface area contributed by atoms with Gasteiger partial charge in [0.05, 0.1) is 25.0 Å². The summed E-state index contributed by atoms with van der Waals surface area (Å²) in [6.07, 6.45) is -1.48. The molecule has 1 aromatic carbocycles. The first-order chi connectivity index (χ1) is 17.3. The Kier molecular flexibility index (Phi) is 9.73. The molecule has 1 aromatic rings. The summed E-state index contributed by atoms with van der Waals surface area (Å²) in [5, 5.41) is 0. The van der Waals surface area contributed by atoms with Gasteiger partial charge in [-0.2, -0.15) is 0 Å². The number of hydrogen-bond donors (Lipinski definition) is 0. The number of hydrogen-bond acceptors (Lipinski definition) is 11. The van der Waals surface area contributed by atoms with Crippen LogP contribution in [-0.4, -0.2) is 56.8 Å². The first-order valence-electron chi connectivity index (χ1n) is 11.3. The lowest BCUT2D eigenvalue weighted by Crippen LogP contribution is -2.30.